The van der Waals surface area contributed by atoms with Gasteiger partial charge in [0.25, 0.3) is 0 Å². The number of aliphatic imine (C=N–C) groups is 1. The van der Waals surface area contributed by atoms with Crippen molar-refractivity contribution in [3.63, 3.8) is 0 Å². The maximum absolute atomic E-state index is 10.8. The molecule has 0 aliphatic carbocycles. The van der Waals surface area contributed by atoms with Crippen LogP contribution in [0.5, 0.6) is 0 Å². The van der Waals surface area contributed by atoms with Crippen molar-refractivity contribution >= 4 is 39.9 Å². The lowest BCUT2D eigenvalue weighted by Gasteiger charge is -1.96. The zero-order chi connectivity index (χ0) is 11.0. The number of allylic oxidation sites excluding steroid dienone is 1. The molecule has 0 heterocycles. The van der Waals surface area contributed by atoms with Gasteiger partial charge < -0.3 is 4.74 Å². The van der Waals surface area contributed by atoms with Gasteiger partial charge in [-0.05, 0) is 29.1 Å². The molecule has 0 aromatic heterocycles. The summed E-state index contributed by atoms with van der Waals surface area (Å²) in [4.78, 5) is 15.4. The van der Waals surface area contributed by atoms with Crippen molar-refractivity contribution in [1.29, 1.82) is 0 Å². The number of hydrogen-bond donors (Lipinski definition) is 0. The summed E-state index contributed by atoms with van der Waals surface area (Å²) in [5, 5.41) is 0. The molecule has 0 aliphatic rings. The van der Waals surface area contributed by atoms with E-state index in [1.165, 1.54) is 18.0 Å². The van der Waals surface area contributed by atoms with Crippen LogP contribution < -0.4 is 0 Å². The number of hydrogen-bond acceptors (Lipinski definition) is 4. The molecule has 0 saturated carbocycles. The Balaban J connectivity index is 4.14. The highest BCUT2D eigenvalue weighted by molar-refractivity contribution is 9.12. The number of esters is 1. The lowest BCUT2D eigenvalue weighted by Crippen LogP contribution is -2.04. The predicted octanol–water partition coefficient (Wildman–Crippen LogP) is 2.73. The van der Waals surface area contributed by atoms with Crippen molar-refractivity contribution < 1.29 is 9.53 Å². The van der Waals surface area contributed by atoms with Crippen molar-refractivity contribution in [3.05, 3.63) is 22.2 Å². The molecular weight excluding hydrogens is 266 g/mol. The molecule has 0 bridgehead atoms. The quantitative estimate of drug-likeness (QED) is 0.441. The van der Waals surface area contributed by atoms with Crippen LogP contribution in [0.1, 0.15) is 6.92 Å². The normalized spacial score (nSPS) is 11.8. The van der Waals surface area contributed by atoms with Crippen LogP contribution in [0.15, 0.2) is 27.2 Å². The van der Waals surface area contributed by atoms with Gasteiger partial charge in [-0.15, -0.1) is 11.8 Å². The van der Waals surface area contributed by atoms with Crippen molar-refractivity contribution in [2.75, 3.05) is 12.9 Å². The van der Waals surface area contributed by atoms with Gasteiger partial charge in [0.05, 0.1) is 6.61 Å². The summed E-state index contributed by atoms with van der Waals surface area (Å²) in [5.41, 5.74) is 0. The molecular formula is C9H12BrNO2S. The van der Waals surface area contributed by atoms with Crippen LogP contribution in [0.25, 0.3) is 0 Å². The lowest BCUT2D eigenvalue weighted by atomic mass is 10.6. The van der Waals surface area contributed by atoms with Crippen molar-refractivity contribution in [2.45, 2.75) is 6.92 Å². The number of carbonyl (C=O) groups excluding carboxylic acids is 1. The molecule has 78 valence electrons. The van der Waals surface area contributed by atoms with Crippen LogP contribution in [-0.4, -0.2) is 25.0 Å². The van der Waals surface area contributed by atoms with Crippen LogP contribution in [0.3, 0.4) is 0 Å². The van der Waals surface area contributed by atoms with Crippen LogP contribution in [0, 0.1) is 0 Å². The average molecular weight is 278 g/mol. The molecule has 0 aliphatic heterocycles. The first-order chi connectivity index (χ1) is 6.61. The van der Waals surface area contributed by atoms with E-state index >= 15 is 0 Å². The Labute approximate surface area is 96.4 Å². The minimum Gasteiger partial charge on any atom is -0.462 e. The van der Waals surface area contributed by atoms with Gasteiger partial charge in [0.2, 0.25) is 0 Å². The standard InChI is InChI=1S/C9H12BrNO2S/c1-4-13-9(12)6-11-5-8(10)7(2)14-3/h5-6H,2,4H2,1,3H3/b8-5+,11-6-. The SMILES string of the molecule is C=C(SC)/C(Br)=C\N=C/C(=O)OCC. The molecule has 0 saturated heterocycles. The highest BCUT2D eigenvalue weighted by Crippen LogP contribution is 2.23. The summed E-state index contributed by atoms with van der Waals surface area (Å²) >= 11 is 4.77. The zero-order valence-electron chi connectivity index (χ0n) is 8.12. The molecule has 0 atom stereocenters. The summed E-state index contributed by atoms with van der Waals surface area (Å²) in [7, 11) is 0. The Kier molecular flexibility index (Phi) is 7.51. The summed E-state index contributed by atoms with van der Waals surface area (Å²) in [5.74, 6) is -0.446. The van der Waals surface area contributed by atoms with Crippen LogP contribution in [-0.2, 0) is 9.53 Å². The van der Waals surface area contributed by atoms with E-state index in [-0.39, 0.29) is 0 Å². The number of thioether (sulfide) groups is 1. The Morgan fingerprint density at radius 3 is 2.86 bits per heavy atom. The second kappa shape index (κ2) is 7.82. The first-order valence-electron chi connectivity index (χ1n) is 3.90. The van der Waals surface area contributed by atoms with E-state index in [1.54, 1.807) is 6.92 Å². The third-order valence-corrected chi connectivity index (χ3v) is 2.83. The maximum atomic E-state index is 10.8. The predicted molar refractivity (Wildman–Crippen MR) is 64.8 cm³/mol. The van der Waals surface area contributed by atoms with Gasteiger partial charge in [-0.3, -0.25) is 4.99 Å². The molecule has 0 spiro atoms. The molecule has 0 fully saturated rings. The molecule has 0 unspecified atom stereocenters. The fraction of sp³-hybridized carbons (Fsp3) is 0.333. The van der Waals surface area contributed by atoms with Gasteiger partial charge >= 0.3 is 5.97 Å². The number of carbonyl (C=O) groups is 1. The van der Waals surface area contributed by atoms with Crippen LogP contribution >= 0.6 is 27.7 Å². The van der Waals surface area contributed by atoms with E-state index in [0.717, 1.165) is 15.6 Å². The Morgan fingerprint density at radius 1 is 1.71 bits per heavy atom. The van der Waals surface area contributed by atoms with E-state index in [2.05, 4.69) is 32.2 Å². The summed E-state index contributed by atoms with van der Waals surface area (Å²) < 4.78 is 5.41. The highest BCUT2D eigenvalue weighted by Gasteiger charge is 1.96. The van der Waals surface area contributed by atoms with Crippen LogP contribution in [0.4, 0.5) is 0 Å². The summed E-state index contributed by atoms with van der Waals surface area (Å²) in [6.07, 6.45) is 4.54. The maximum Gasteiger partial charge on any atom is 0.349 e. The molecule has 0 aromatic rings. The third-order valence-electron chi connectivity index (χ3n) is 1.17. The second-order valence-corrected chi connectivity index (χ2v) is 3.89. The highest BCUT2D eigenvalue weighted by atomic mass is 79.9. The van der Waals surface area contributed by atoms with Gasteiger partial charge in [0.15, 0.2) is 0 Å². The van der Waals surface area contributed by atoms with E-state index in [0.29, 0.717) is 6.61 Å². The van der Waals surface area contributed by atoms with Crippen molar-refractivity contribution in [1.82, 2.24) is 0 Å². The van der Waals surface area contributed by atoms with Crippen LogP contribution in [0.2, 0.25) is 0 Å². The first-order valence-corrected chi connectivity index (χ1v) is 5.92. The Hall–Kier alpha value is -0.550. The minimum absolute atomic E-state index is 0.354. The summed E-state index contributed by atoms with van der Waals surface area (Å²) in [6, 6.07) is 0. The van der Waals surface area contributed by atoms with E-state index in [9.17, 15) is 4.79 Å². The third kappa shape index (κ3) is 5.99. The molecule has 3 nitrogen and oxygen atoms in total. The van der Waals surface area contributed by atoms with Gasteiger partial charge in [0.1, 0.15) is 6.21 Å². The van der Waals surface area contributed by atoms with E-state index < -0.39 is 5.97 Å². The summed E-state index contributed by atoms with van der Waals surface area (Å²) in [6.45, 7) is 5.86. The van der Waals surface area contributed by atoms with Crippen molar-refractivity contribution in [2.24, 2.45) is 4.99 Å². The molecule has 0 N–H and O–H groups in total. The van der Waals surface area contributed by atoms with Crippen molar-refractivity contribution in [3.8, 4) is 0 Å². The number of ether oxygens (including phenoxy) is 1. The Bertz CT molecular complexity index is 274. The number of nitrogens with zero attached hydrogens (tertiary/aromatic N) is 1. The lowest BCUT2D eigenvalue weighted by molar-refractivity contribution is -0.134. The minimum atomic E-state index is -0.446. The molecule has 0 amide bonds. The molecule has 0 aromatic carbocycles. The fourth-order valence-electron chi connectivity index (χ4n) is 0.513. The molecule has 5 heteroatoms. The largest absolute Gasteiger partial charge is 0.462 e. The van der Waals surface area contributed by atoms with E-state index in [1.807, 2.05) is 6.26 Å². The average Bonchev–Trinajstić information content (AvgIpc) is 2.16. The van der Waals surface area contributed by atoms with Gasteiger partial charge in [-0.25, -0.2) is 4.79 Å². The topological polar surface area (TPSA) is 38.7 Å². The zero-order valence-corrected chi connectivity index (χ0v) is 10.5. The molecule has 14 heavy (non-hydrogen) atoms. The second-order valence-electron chi connectivity index (χ2n) is 2.13. The molecule has 0 radical (unpaired) electrons. The molecule has 0 rings (SSSR count). The van der Waals surface area contributed by atoms with E-state index in [4.69, 9.17) is 0 Å². The smallest absolute Gasteiger partial charge is 0.349 e. The Morgan fingerprint density at radius 2 is 2.36 bits per heavy atom. The monoisotopic (exact) mass is 277 g/mol. The van der Waals surface area contributed by atoms with Gasteiger partial charge in [-0.2, -0.15) is 0 Å². The fourth-order valence-corrected chi connectivity index (χ4v) is 1.36. The van der Waals surface area contributed by atoms with Gasteiger partial charge in [0, 0.05) is 15.6 Å². The van der Waals surface area contributed by atoms with Gasteiger partial charge in [-0.1, -0.05) is 6.58 Å². The number of halogens is 1. The number of rotatable bonds is 5. The first kappa shape index (κ1) is 13.4.